The molecule has 0 radical (unpaired) electrons. The maximum absolute atomic E-state index is 12.2. The Morgan fingerprint density at radius 2 is 2.00 bits per heavy atom. The second-order valence-corrected chi connectivity index (χ2v) is 5.57. The first-order valence-corrected chi connectivity index (χ1v) is 8.46. The number of hydrogen-bond acceptors (Lipinski definition) is 5. The minimum absolute atomic E-state index is 0.316. The van der Waals surface area contributed by atoms with Crippen LogP contribution in [0.1, 0.15) is 23.0 Å². The molecule has 0 aliphatic heterocycles. The van der Waals surface area contributed by atoms with Crippen LogP contribution in [0, 0.1) is 0 Å². The van der Waals surface area contributed by atoms with Gasteiger partial charge in [-0.25, -0.2) is 5.43 Å². The lowest BCUT2D eigenvalue weighted by atomic mass is 10.1. The van der Waals surface area contributed by atoms with Crippen molar-refractivity contribution in [1.29, 1.82) is 0 Å². The summed E-state index contributed by atoms with van der Waals surface area (Å²) in [6, 6.07) is 16.6. The van der Waals surface area contributed by atoms with Crippen LogP contribution < -0.4 is 14.9 Å². The number of benzene rings is 2. The van der Waals surface area contributed by atoms with E-state index in [1.807, 2.05) is 55.5 Å². The number of aromatic nitrogens is 2. The van der Waals surface area contributed by atoms with Crippen LogP contribution in [0.5, 0.6) is 11.5 Å². The molecule has 0 aliphatic carbocycles. The van der Waals surface area contributed by atoms with Gasteiger partial charge in [-0.05, 0) is 49.4 Å². The highest BCUT2D eigenvalue weighted by molar-refractivity contribution is 5.94. The van der Waals surface area contributed by atoms with Gasteiger partial charge in [-0.1, -0.05) is 12.1 Å². The average molecular weight is 364 g/mol. The molecule has 7 heteroatoms. The molecule has 138 valence electrons. The number of para-hydroxylation sites is 1. The quantitative estimate of drug-likeness (QED) is 0.497. The summed E-state index contributed by atoms with van der Waals surface area (Å²) < 4.78 is 10.7. The molecule has 3 rings (SSSR count). The topological polar surface area (TPSA) is 88.6 Å². The molecule has 0 saturated carbocycles. The van der Waals surface area contributed by atoms with Crippen LogP contribution in [-0.2, 0) is 0 Å². The van der Waals surface area contributed by atoms with Gasteiger partial charge in [0.25, 0.3) is 5.91 Å². The zero-order chi connectivity index (χ0) is 19.1. The third-order valence-electron chi connectivity index (χ3n) is 3.80. The minimum Gasteiger partial charge on any atom is -0.497 e. The Bertz CT molecular complexity index is 932. The fraction of sp³-hybridized carbons (Fsp3) is 0.150. The highest BCUT2D eigenvalue weighted by atomic mass is 16.5. The van der Waals surface area contributed by atoms with Crippen molar-refractivity contribution in [3.8, 4) is 22.8 Å². The average Bonchev–Trinajstić information content (AvgIpc) is 3.20. The van der Waals surface area contributed by atoms with E-state index in [-0.39, 0.29) is 5.91 Å². The third-order valence-corrected chi connectivity index (χ3v) is 3.80. The van der Waals surface area contributed by atoms with E-state index in [1.54, 1.807) is 19.4 Å². The van der Waals surface area contributed by atoms with Crippen molar-refractivity contribution < 1.29 is 14.3 Å². The standard InChI is InChI=1S/C20H20N4O3/c1-3-27-19-7-5-4-6-15(19)13-21-24-20(25)18-12-17(22-23-18)14-8-10-16(26-2)11-9-14/h4-13H,3H2,1-2H3,(H,22,23)(H,24,25)/b21-13-. The Hall–Kier alpha value is -3.61. The third kappa shape index (κ3) is 4.52. The van der Waals surface area contributed by atoms with Crippen LogP contribution >= 0.6 is 0 Å². The number of carbonyl (C=O) groups excluding carboxylic acids is 1. The van der Waals surface area contributed by atoms with Gasteiger partial charge in [-0.3, -0.25) is 9.89 Å². The molecular formula is C20H20N4O3. The molecule has 0 bridgehead atoms. The van der Waals surface area contributed by atoms with Crippen LogP contribution in [0.2, 0.25) is 0 Å². The molecule has 2 aromatic carbocycles. The highest BCUT2D eigenvalue weighted by Crippen LogP contribution is 2.21. The Kier molecular flexibility index (Phi) is 5.84. The number of H-pyrrole nitrogens is 1. The molecule has 1 aromatic heterocycles. The first kappa shape index (κ1) is 18.2. The van der Waals surface area contributed by atoms with Gasteiger partial charge in [0.15, 0.2) is 0 Å². The second-order valence-electron chi connectivity index (χ2n) is 5.57. The van der Waals surface area contributed by atoms with Gasteiger partial charge in [0, 0.05) is 11.1 Å². The van der Waals surface area contributed by atoms with Gasteiger partial charge in [-0.15, -0.1) is 0 Å². The maximum Gasteiger partial charge on any atom is 0.289 e. The molecule has 1 amide bonds. The fourth-order valence-corrected chi connectivity index (χ4v) is 2.44. The second kappa shape index (κ2) is 8.66. The smallest absolute Gasteiger partial charge is 0.289 e. The molecule has 0 spiro atoms. The first-order chi connectivity index (χ1) is 13.2. The van der Waals surface area contributed by atoms with Crippen LogP contribution in [0.15, 0.2) is 59.7 Å². The largest absolute Gasteiger partial charge is 0.497 e. The summed E-state index contributed by atoms with van der Waals surface area (Å²) in [6.07, 6.45) is 1.55. The zero-order valence-electron chi connectivity index (χ0n) is 15.1. The number of nitrogens with one attached hydrogen (secondary N) is 2. The van der Waals surface area contributed by atoms with E-state index in [1.165, 1.54) is 0 Å². The van der Waals surface area contributed by atoms with E-state index in [9.17, 15) is 4.79 Å². The zero-order valence-corrected chi connectivity index (χ0v) is 15.1. The van der Waals surface area contributed by atoms with E-state index >= 15 is 0 Å². The minimum atomic E-state index is -0.382. The molecule has 0 aliphatic rings. The number of hydrazone groups is 1. The van der Waals surface area contributed by atoms with Gasteiger partial charge in [-0.2, -0.15) is 10.2 Å². The lowest BCUT2D eigenvalue weighted by Gasteiger charge is -2.05. The molecule has 2 N–H and O–H groups in total. The maximum atomic E-state index is 12.2. The molecule has 0 saturated heterocycles. The van der Waals surface area contributed by atoms with Crippen molar-refractivity contribution in [2.75, 3.05) is 13.7 Å². The summed E-state index contributed by atoms with van der Waals surface area (Å²) in [5.41, 5.74) is 5.12. The van der Waals surface area contributed by atoms with Crippen molar-refractivity contribution in [2.24, 2.45) is 5.10 Å². The lowest BCUT2D eigenvalue weighted by molar-refractivity contribution is 0.0950. The highest BCUT2D eigenvalue weighted by Gasteiger charge is 2.10. The SMILES string of the molecule is CCOc1ccccc1/C=N\NC(=O)c1cc(-c2ccc(OC)cc2)n[nH]1. The summed E-state index contributed by atoms with van der Waals surface area (Å²) in [6.45, 7) is 2.47. The van der Waals surface area contributed by atoms with E-state index in [0.29, 0.717) is 23.7 Å². The summed E-state index contributed by atoms with van der Waals surface area (Å²) >= 11 is 0. The number of amides is 1. The summed E-state index contributed by atoms with van der Waals surface area (Å²) in [4.78, 5) is 12.2. The van der Waals surface area contributed by atoms with Gasteiger partial charge in [0.1, 0.15) is 17.2 Å². The molecule has 1 heterocycles. The Morgan fingerprint density at radius 3 is 2.74 bits per heavy atom. The van der Waals surface area contributed by atoms with Gasteiger partial charge in [0.05, 0.1) is 25.6 Å². The van der Waals surface area contributed by atoms with E-state index in [0.717, 1.165) is 16.9 Å². The Balaban J connectivity index is 1.66. The number of rotatable bonds is 7. The fourth-order valence-electron chi connectivity index (χ4n) is 2.44. The van der Waals surface area contributed by atoms with Crippen LogP contribution in [0.3, 0.4) is 0 Å². The molecular weight excluding hydrogens is 344 g/mol. The molecule has 3 aromatic rings. The van der Waals surface area contributed by atoms with Crippen molar-refractivity contribution in [2.45, 2.75) is 6.92 Å². The van der Waals surface area contributed by atoms with Crippen molar-refractivity contribution in [3.63, 3.8) is 0 Å². The lowest BCUT2D eigenvalue weighted by Crippen LogP contribution is -2.18. The Labute approximate surface area is 157 Å². The number of ether oxygens (including phenoxy) is 2. The van der Waals surface area contributed by atoms with Crippen LogP contribution in [0.4, 0.5) is 0 Å². The van der Waals surface area contributed by atoms with E-state index in [4.69, 9.17) is 9.47 Å². The van der Waals surface area contributed by atoms with Crippen LogP contribution in [-0.4, -0.2) is 36.0 Å². The summed E-state index contributed by atoms with van der Waals surface area (Å²) in [5.74, 6) is 1.09. The monoisotopic (exact) mass is 364 g/mol. The van der Waals surface area contributed by atoms with Crippen molar-refractivity contribution in [1.82, 2.24) is 15.6 Å². The number of nitrogens with zero attached hydrogens (tertiary/aromatic N) is 2. The molecule has 0 unspecified atom stereocenters. The first-order valence-electron chi connectivity index (χ1n) is 8.46. The predicted octanol–water partition coefficient (Wildman–Crippen LogP) is 3.25. The van der Waals surface area contributed by atoms with Gasteiger partial charge in [0.2, 0.25) is 0 Å². The van der Waals surface area contributed by atoms with Gasteiger partial charge >= 0.3 is 0 Å². The Morgan fingerprint density at radius 1 is 1.22 bits per heavy atom. The number of carbonyl (C=O) groups is 1. The molecule has 0 fully saturated rings. The van der Waals surface area contributed by atoms with Crippen molar-refractivity contribution >= 4 is 12.1 Å². The summed E-state index contributed by atoms with van der Waals surface area (Å²) in [5, 5.41) is 10.9. The van der Waals surface area contributed by atoms with Crippen LogP contribution in [0.25, 0.3) is 11.3 Å². The predicted molar refractivity (Wildman–Crippen MR) is 103 cm³/mol. The molecule has 7 nitrogen and oxygen atoms in total. The number of methoxy groups -OCH3 is 1. The summed E-state index contributed by atoms with van der Waals surface area (Å²) in [7, 11) is 1.61. The molecule has 0 atom stereocenters. The van der Waals surface area contributed by atoms with Crippen molar-refractivity contribution in [3.05, 3.63) is 65.9 Å². The normalized spacial score (nSPS) is 10.7. The van der Waals surface area contributed by atoms with E-state index in [2.05, 4.69) is 20.7 Å². The van der Waals surface area contributed by atoms with E-state index < -0.39 is 0 Å². The molecule has 27 heavy (non-hydrogen) atoms. The number of aromatic amines is 1. The van der Waals surface area contributed by atoms with Gasteiger partial charge < -0.3 is 9.47 Å². The number of hydrogen-bond donors (Lipinski definition) is 2.